The van der Waals surface area contributed by atoms with Crippen molar-refractivity contribution in [3.8, 4) is 16.9 Å². The summed E-state index contributed by atoms with van der Waals surface area (Å²) in [6.07, 6.45) is 5.70. The van der Waals surface area contributed by atoms with Crippen LogP contribution in [0.2, 0.25) is 0 Å². The van der Waals surface area contributed by atoms with Gasteiger partial charge in [0, 0.05) is 11.8 Å². The van der Waals surface area contributed by atoms with E-state index in [-0.39, 0.29) is 0 Å². The zero-order valence-electron chi connectivity index (χ0n) is 12.6. The number of rotatable bonds is 4. The fraction of sp³-hybridized carbons (Fsp3) is 0.0500. The van der Waals surface area contributed by atoms with Crippen molar-refractivity contribution in [2.45, 2.75) is 6.61 Å². The zero-order chi connectivity index (χ0) is 15.5. The molecular formula is C20H16N2O. The van der Waals surface area contributed by atoms with E-state index < -0.39 is 0 Å². The van der Waals surface area contributed by atoms with Crippen LogP contribution in [0.3, 0.4) is 0 Å². The van der Waals surface area contributed by atoms with Crippen LogP contribution < -0.4 is 4.74 Å². The van der Waals surface area contributed by atoms with Gasteiger partial charge in [-0.2, -0.15) is 0 Å². The Bertz CT molecular complexity index is 911. The van der Waals surface area contributed by atoms with Gasteiger partial charge in [0.25, 0.3) is 0 Å². The van der Waals surface area contributed by atoms with Gasteiger partial charge in [-0.3, -0.25) is 0 Å². The molecule has 0 fully saturated rings. The van der Waals surface area contributed by atoms with Crippen molar-refractivity contribution in [1.82, 2.24) is 9.38 Å². The molecule has 0 bridgehead atoms. The third-order valence-electron chi connectivity index (χ3n) is 3.87. The second-order valence-corrected chi connectivity index (χ2v) is 5.41. The van der Waals surface area contributed by atoms with Crippen molar-refractivity contribution in [1.29, 1.82) is 0 Å². The zero-order valence-corrected chi connectivity index (χ0v) is 12.6. The molecular weight excluding hydrogens is 284 g/mol. The summed E-state index contributed by atoms with van der Waals surface area (Å²) >= 11 is 0. The average Bonchev–Trinajstić information content (AvgIpc) is 3.10. The van der Waals surface area contributed by atoms with Gasteiger partial charge >= 0.3 is 0 Å². The van der Waals surface area contributed by atoms with Crippen LogP contribution in [0.4, 0.5) is 0 Å². The Kier molecular flexibility index (Phi) is 3.53. The van der Waals surface area contributed by atoms with E-state index in [9.17, 15) is 0 Å². The lowest BCUT2D eigenvalue weighted by Crippen LogP contribution is -1.94. The fourth-order valence-electron chi connectivity index (χ4n) is 2.67. The van der Waals surface area contributed by atoms with Crippen molar-refractivity contribution >= 4 is 5.52 Å². The molecule has 23 heavy (non-hydrogen) atoms. The normalized spacial score (nSPS) is 10.8. The van der Waals surface area contributed by atoms with Crippen molar-refractivity contribution in [3.63, 3.8) is 0 Å². The first-order valence-corrected chi connectivity index (χ1v) is 7.58. The molecule has 0 aliphatic rings. The highest BCUT2D eigenvalue weighted by molar-refractivity contribution is 5.79. The highest BCUT2D eigenvalue weighted by atomic mass is 16.5. The molecule has 4 rings (SSSR count). The summed E-state index contributed by atoms with van der Waals surface area (Å²) in [5.74, 6) is 0.873. The van der Waals surface area contributed by atoms with Crippen LogP contribution in [0.5, 0.6) is 5.75 Å². The Morgan fingerprint density at radius 3 is 2.52 bits per heavy atom. The van der Waals surface area contributed by atoms with Gasteiger partial charge < -0.3 is 9.14 Å². The molecule has 0 atom stereocenters. The topological polar surface area (TPSA) is 26.5 Å². The minimum atomic E-state index is 0.582. The van der Waals surface area contributed by atoms with E-state index >= 15 is 0 Å². The fourth-order valence-corrected chi connectivity index (χ4v) is 2.67. The predicted molar refractivity (Wildman–Crippen MR) is 91.4 cm³/mol. The average molecular weight is 300 g/mol. The molecule has 0 aliphatic heterocycles. The number of ether oxygens (including phenoxy) is 1. The first kappa shape index (κ1) is 13.6. The molecule has 2 aromatic carbocycles. The van der Waals surface area contributed by atoms with Crippen molar-refractivity contribution in [2.24, 2.45) is 0 Å². The number of imidazole rings is 1. The largest absolute Gasteiger partial charge is 0.489 e. The molecule has 0 saturated heterocycles. The van der Waals surface area contributed by atoms with Crippen LogP contribution >= 0.6 is 0 Å². The summed E-state index contributed by atoms with van der Waals surface area (Å²) in [7, 11) is 0. The molecule has 0 radical (unpaired) electrons. The highest BCUT2D eigenvalue weighted by Crippen LogP contribution is 2.26. The number of benzene rings is 2. The van der Waals surface area contributed by atoms with Crippen LogP contribution in [0.25, 0.3) is 16.6 Å². The van der Waals surface area contributed by atoms with Crippen LogP contribution in [-0.4, -0.2) is 9.38 Å². The standard InChI is InChI=1S/C20H16N2O/c1-2-5-16(6-3-1)14-23-18-10-8-17(9-11-18)19-7-4-12-22-15-21-13-20(19)22/h1-13,15H,14H2. The lowest BCUT2D eigenvalue weighted by Gasteiger charge is -2.08. The van der Waals surface area contributed by atoms with E-state index in [2.05, 4.69) is 35.3 Å². The van der Waals surface area contributed by atoms with Gasteiger partial charge in [-0.1, -0.05) is 48.5 Å². The van der Waals surface area contributed by atoms with Gasteiger partial charge in [-0.15, -0.1) is 0 Å². The Balaban J connectivity index is 1.55. The van der Waals surface area contributed by atoms with Crippen LogP contribution in [-0.2, 0) is 6.61 Å². The minimum Gasteiger partial charge on any atom is -0.489 e. The molecule has 0 saturated carbocycles. The lowest BCUT2D eigenvalue weighted by molar-refractivity contribution is 0.306. The predicted octanol–water partition coefficient (Wildman–Crippen LogP) is 4.58. The Hall–Kier alpha value is -3.07. The number of hydrogen-bond donors (Lipinski definition) is 0. The molecule has 4 aromatic rings. The quantitative estimate of drug-likeness (QED) is 0.551. The van der Waals surface area contributed by atoms with E-state index in [1.165, 1.54) is 11.1 Å². The third-order valence-corrected chi connectivity index (χ3v) is 3.87. The smallest absolute Gasteiger partial charge is 0.119 e. The van der Waals surface area contributed by atoms with Crippen molar-refractivity contribution < 1.29 is 4.74 Å². The van der Waals surface area contributed by atoms with Gasteiger partial charge in [0.15, 0.2) is 0 Å². The van der Waals surface area contributed by atoms with Gasteiger partial charge in [0.1, 0.15) is 12.4 Å². The van der Waals surface area contributed by atoms with E-state index in [1.807, 2.05) is 59.5 Å². The van der Waals surface area contributed by atoms with Gasteiger partial charge in [0.05, 0.1) is 18.0 Å². The van der Waals surface area contributed by atoms with Crippen molar-refractivity contribution in [3.05, 3.63) is 91.0 Å². The molecule has 3 heteroatoms. The molecule has 0 amide bonds. The molecule has 0 aliphatic carbocycles. The number of fused-ring (bicyclic) bond motifs is 1. The minimum absolute atomic E-state index is 0.582. The Labute approximate surface area is 134 Å². The molecule has 2 heterocycles. The number of pyridine rings is 1. The third kappa shape index (κ3) is 2.81. The summed E-state index contributed by atoms with van der Waals surface area (Å²) in [5, 5.41) is 0. The summed E-state index contributed by atoms with van der Waals surface area (Å²) in [4.78, 5) is 4.21. The SMILES string of the molecule is c1ccc(COc2ccc(-c3cccn4cncc34)cc2)cc1. The maximum absolute atomic E-state index is 5.84. The Morgan fingerprint density at radius 1 is 0.870 bits per heavy atom. The van der Waals surface area contributed by atoms with E-state index in [0.717, 1.165) is 16.8 Å². The molecule has 0 unspecified atom stereocenters. The molecule has 3 nitrogen and oxygen atoms in total. The summed E-state index contributed by atoms with van der Waals surface area (Å²) in [6.45, 7) is 0.582. The van der Waals surface area contributed by atoms with Gasteiger partial charge in [-0.05, 0) is 29.3 Å². The Morgan fingerprint density at radius 2 is 1.70 bits per heavy atom. The summed E-state index contributed by atoms with van der Waals surface area (Å²) in [6, 6.07) is 22.5. The van der Waals surface area contributed by atoms with E-state index in [1.54, 1.807) is 0 Å². The van der Waals surface area contributed by atoms with Crippen LogP contribution in [0.15, 0.2) is 85.5 Å². The first-order valence-electron chi connectivity index (χ1n) is 7.58. The molecule has 0 N–H and O–H groups in total. The summed E-state index contributed by atoms with van der Waals surface area (Å²) in [5.41, 5.74) is 4.59. The van der Waals surface area contributed by atoms with E-state index in [0.29, 0.717) is 6.61 Å². The number of aromatic nitrogens is 2. The van der Waals surface area contributed by atoms with Crippen LogP contribution in [0, 0.1) is 0 Å². The van der Waals surface area contributed by atoms with Gasteiger partial charge in [0.2, 0.25) is 0 Å². The van der Waals surface area contributed by atoms with E-state index in [4.69, 9.17) is 4.74 Å². The van der Waals surface area contributed by atoms with Crippen LogP contribution in [0.1, 0.15) is 5.56 Å². The van der Waals surface area contributed by atoms with Crippen molar-refractivity contribution in [2.75, 3.05) is 0 Å². The summed E-state index contributed by atoms with van der Waals surface area (Å²) < 4.78 is 7.86. The maximum atomic E-state index is 5.84. The monoisotopic (exact) mass is 300 g/mol. The molecule has 2 aromatic heterocycles. The second kappa shape index (κ2) is 5.97. The maximum Gasteiger partial charge on any atom is 0.119 e. The number of nitrogens with zero attached hydrogens (tertiary/aromatic N) is 2. The molecule has 0 spiro atoms. The highest BCUT2D eigenvalue weighted by Gasteiger charge is 2.04. The second-order valence-electron chi connectivity index (χ2n) is 5.41. The van der Waals surface area contributed by atoms with Gasteiger partial charge in [-0.25, -0.2) is 4.98 Å². The molecule has 112 valence electrons. The first-order chi connectivity index (χ1) is 11.4. The number of hydrogen-bond acceptors (Lipinski definition) is 2. The lowest BCUT2D eigenvalue weighted by atomic mass is 10.1.